The van der Waals surface area contributed by atoms with Crippen LogP contribution in [0.4, 0.5) is 5.69 Å². The standard InChI is InChI=1S/C20H21N3O4/c1-26-17-9-8-14(11-18(17)27-2)13-21-22-20(25)15-5-3-6-16(12-15)23-10-4-7-19(23)24/h3,5-6,8-9,11-13H,4,7,10H2,1-2H3,(H,22,25)/b21-13+. The summed E-state index contributed by atoms with van der Waals surface area (Å²) >= 11 is 0. The largest absolute Gasteiger partial charge is 0.493 e. The number of benzene rings is 2. The van der Waals surface area contributed by atoms with Gasteiger partial charge in [0.1, 0.15) is 0 Å². The predicted octanol–water partition coefficient (Wildman–Crippen LogP) is 2.59. The number of hydrogen-bond donors (Lipinski definition) is 1. The summed E-state index contributed by atoms with van der Waals surface area (Å²) in [6.45, 7) is 0.682. The number of nitrogens with zero attached hydrogens (tertiary/aromatic N) is 2. The summed E-state index contributed by atoms with van der Waals surface area (Å²) in [5, 5.41) is 3.99. The van der Waals surface area contributed by atoms with Gasteiger partial charge in [0.15, 0.2) is 11.5 Å². The second kappa shape index (κ2) is 8.35. The summed E-state index contributed by atoms with van der Waals surface area (Å²) in [4.78, 5) is 25.9. The van der Waals surface area contributed by atoms with Gasteiger partial charge < -0.3 is 14.4 Å². The monoisotopic (exact) mass is 367 g/mol. The van der Waals surface area contributed by atoms with Gasteiger partial charge >= 0.3 is 0 Å². The average Bonchev–Trinajstić information content (AvgIpc) is 3.13. The fourth-order valence-corrected chi connectivity index (χ4v) is 2.90. The molecule has 27 heavy (non-hydrogen) atoms. The zero-order valence-corrected chi connectivity index (χ0v) is 15.3. The van der Waals surface area contributed by atoms with Crippen molar-refractivity contribution in [3.63, 3.8) is 0 Å². The summed E-state index contributed by atoms with van der Waals surface area (Å²) in [5.74, 6) is 0.932. The molecule has 140 valence electrons. The SMILES string of the molecule is COc1ccc(/C=N/NC(=O)c2cccc(N3CCCC3=O)c2)cc1OC. The maximum Gasteiger partial charge on any atom is 0.271 e. The number of carbonyl (C=O) groups is 2. The molecule has 0 unspecified atom stereocenters. The molecule has 0 bridgehead atoms. The van der Waals surface area contributed by atoms with Crippen molar-refractivity contribution in [2.75, 3.05) is 25.7 Å². The molecule has 3 rings (SSSR count). The van der Waals surface area contributed by atoms with Crippen LogP contribution in [-0.2, 0) is 4.79 Å². The Morgan fingerprint density at radius 1 is 1.15 bits per heavy atom. The second-order valence-electron chi connectivity index (χ2n) is 6.01. The number of amides is 2. The highest BCUT2D eigenvalue weighted by Gasteiger charge is 2.22. The van der Waals surface area contributed by atoms with Crippen LogP contribution < -0.4 is 19.8 Å². The van der Waals surface area contributed by atoms with Gasteiger partial charge in [-0.15, -0.1) is 0 Å². The molecule has 0 aliphatic carbocycles. The van der Waals surface area contributed by atoms with Crippen LogP contribution in [0, 0.1) is 0 Å². The molecule has 1 N–H and O–H groups in total. The van der Waals surface area contributed by atoms with E-state index < -0.39 is 0 Å². The number of rotatable bonds is 6. The van der Waals surface area contributed by atoms with E-state index in [0.29, 0.717) is 30.0 Å². The third-order valence-electron chi connectivity index (χ3n) is 4.28. The van der Waals surface area contributed by atoms with Gasteiger partial charge in [-0.3, -0.25) is 9.59 Å². The molecule has 0 atom stereocenters. The highest BCUT2D eigenvalue weighted by molar-refractivity contribution is 5.99. The lowest BCUT2D eigenvalue weighted by Crippen LogP contribution is -2.24. The lowest BCUT2D eigenvalue weighted by molar-refractivity contribution is -0.117. The second-order valence-corrected chi connectivity index (χ2v) is 6.01. The number of carbonyl (C=O) groups excluding carboxylic acids is 2. The minimum atomic E-state index is -0.347. The first-order chi connectivity index (χ1) is 13.1. The van der Waals surface area contributed by atoms with Gasteiger partial charge in [0.25, 0.3) is 5.91 Å². The summed E-state index contributed by atoms with van der Waals surface area (Å²) in [6, 6.07) is 12.3. The number of methoxy groups -OCH3 is 2. The van der Waals surface area contributed by atoms with Gasteiger partial charge in [0, 0.05) is 24.2 Å². The van der Waals surface area contributed by atoms with E-state index in [0.717, 1.165) is 17.7 Å². The molecule has 1 aliphatic rings. The Hall–Kier alpha value is -3.35. The molecule has 1 aliphatic heterocycles. The van der Waals surface area contributed by atoms with Crippen molar-refractivity contribution in [3.05, 3.63) is 53.6 Å². The zero-order valence-electron chi connectivity index (χ0n) is 15.3. The Labute approximate surface area is 157 Å². The van der Waals surface area contributed by atoms with E-state index in [4.69, 9.17) is 9.47 Å². The highest BCUT2D eigenvalue weighted by atomic mass is 16.5. The van der Waals surface area contributed by atoms with E-state index in [9.17, 15) is 9.59 Å². The number of hydrogen-bond acceptors (Lipinski definition) is 5. The van der Waals surface area contributed by atoms with Gasteiger partial charge in [-0.05, 0) is 48.4 Å². The van der Waals surface area contributed by atoms with Crippen LogP contribution in [-0.4, -0.2) is 38.8 Å². The van der Waals surface area contributed by atoms with Crippen molar-refractivity contribution in [2.45, 2.75) is 12.8 Å². The molecule has 1 heterocycles. The minimum Gasteiger partial charge on any atom is -0.493 e. The van der Waals surface area contributed by atoms with E-state index in [1.807, 2.05) is 6.07 Å². The Kier molecular flexibility index (Phi) is 5.71. The number of anilines is 1. The van der Waals surface area contributed by atoms with Gasteiger partial charge in [0.2, 0.25) is 5.91 Å². The Morgan fingerprint density at radius 3 is 2.67 bits per heavy atom. The van der Waals surface area contributed by atoms with E-state index >= 15 is 0 Å². The Bertz CT molecular complexity index is 879. The van der Waals surface area contributed by atoms with Crippen molar-refractivity contribution < 1.29 is 19.1 Å². The fourth-order valence-electron chi connectivity index (χ4n) is 2.90. The minimum absolute atomic E-state index is 0.0824. The maximum atomic E-state index is 12.3. The van der Waals surface area contributed by atoms with Crippen LogP contribution in [0.5, 0.6) is 11.5 Å². The number of nitrogens with one attached hydrogen (secondary N) is 1. The Morgan fingerprint density at radius 2 is 1.96 bits per heavy atom. The van der Waals surface area contributed by atoms with E-state index in [1.54, 1.807) is 55.5 Å². The molecule has 1 fully saturated rings. The molecule has 0 radical (unpaired) electrons. The number of hydrazone groups is 1. The third kappa shape index (κ3) is 4.25. The first-order valence-corrected chi connectivity index (χ1v) is 8.58. The molecule has 1 saturated heterocycles. The first-order valence-electron chi connectivity index (χ1n) is 8.58. The maximum absolute atomic E-state index is 12.3. The highest BCUT2D eigenvalue weighted by Crippen LogP contribution is 2.27. The molecule has 2 aromatic rings. The lowest BCUT2D eigenvalue weighted by Gasteiger charge is -2.16. The average molecular weight is 367 g/mol. The summed E-state index contributed by atoms with van der Waals surface area (Å²) in [6.07, 6.45) is 2.91. The quantitative estimate of drug-likeness (QED) is 0.629. The summed E-state index contributed by atoms with van der Waals surface area (Å²) in [7, 11) is 3.12. The predicted molar refractivity (Wildman–Crippen MR) is 103 cm³/mol. The fraction of sp³-hybridized carbons (Fsp3) is 0.250. The van der Waals surface area contributed by atoms with Crippen molar-refractivity contribution >= 4 is 23.7 Å². The van der Waals surface area contributed by atoms with E-state index in [2.05, 4.69) is 10.5 Å². The van der Waals surface area contributed by atoms with Gasteiger partial charge in [0.05, 0.1) is 20.4 Å². The smallest absolute Gasteiger partial charge is 0.271 e. The third-order valence-corrected chi connectivity index (χ3v) is 4.28. The Balaban J connectivity index is 1.67. The molecule has 7 heteroatoms. The van der Waals surface area contributed by atoms with Crippen molar-refractivity contribution in [3.8, 4) is 11.5 Å². The molecule has 2 aromatic carbocycles. The molecule has 0 spiro atoms. The molecular formula is C20H21N3O4. The molecule has 0 saturated carbocycles. The van der Waals surface area contributed by atoms with Crippen LogP contribution in [0.25, 0.3) is 0 Å². The van der Waals surface area contributed by atoms with E-state index in [1.165, 1.54) is 6.21 Å². The van der Waals surface area contributed by atoms with Crippen molar-refractivity contribution in [1.82, 2.24) is 5.43 Å². The van der Waals surface area contributed by atoms with Crippen LogP contribution in [0.2, 0.25) is 0 Å². The van der Waals surface area contributed by atoms with Crippen molar-refractivity contribution in [2.24, 2.45) is 5.10 Å². The topological polar surface area (TPSA) is 80.2 Å². The van der Waals surface area contributed by atoms with Gasteiger partial charge in [-0.2, -0.15) is 5.10 Å². The number of ether oxygens (including phenoxy) is 2. The van der Waals surface area contributed by atoms with Gasteiger partial charge in [-0.1, -0.05) is 6.07 Å². The van der Waals surface area contributed by atoms with Crippen LogP contribution >= 0.6 is 0 Å². The summed E-state index contributed by atoms with van der Waals surface area (Å²) < 4.78 is 10.4. The first kappa shape index (κ1) is 18.4. The van der Waals surface area contributed by atoms with Gasteiger partial charge in [-0.25, -0.2) is 5.43 Å². The molecule has 7 nitrogen and oxygen atoms in total. The molecular weight excluding hydrogens is 346 g/mol. The normalized spacial score (nSPS) is 13.9. The van der Waals surface area contributed by atoms with Crippen LogP contribution in [0.1, 0.15) is 28.8 Å². The van der Waals surface area contributed by atoms with Crippen LogP contribution in [0.15, 0.2) is 47.6 Å². The lowest BCUT2D eigenvalue weighted by atomic mass is 10.2. The van der Waals surface area contributed by atoms with Crippen LogP contribution in [0.3, 0.4) is 0 Å². The zero-order chi connectivity index (χ0) is 19.2. The molecule has 2 amide bonds. The molecule has 0 aromatic heterocycles. The summed E-state index contributed by atoms with van der Waals surface area (Å²) in [5.41, 5.74) is 4.42. The van der Waals surface area contributed by atoms with E-state index in [-0.39, 0.29) is 11.8 Å². The van der Waals surface area contributed by atoms with Crippen molar-refractivity contribution in [1.29, 1.82) is 0 Å².